The molecule has 0 saturated heterocycles. The van der Waals surface area contributed by atoms with E-state index in [-0.39, 0.29) is 12.2 Å². The topological polar surface area (TPSA) is 167 Å². The van der Waals surface area contributed by atoms with Crippen molar-refractivity contribution in [2.24, 2.45) is 5.16 Å². The number of aromatic nitrogens is 4. The largest absolute Gasteiger partial charge is 0.480 e. The fourth-order valence-corrected chi connectivity index (χ4v) is 3.78. The first-order chi connectivity index (χ1) is 13.1. The smallest absolute Gasteiger partial charge is 0.364 e. The maximum absolute atomic E-state index is 12.9. The summed E-state index contributed by atoms with van der Waals surface area (Å²) in [6.07, 6.45) is 2.11. The van der Waals surface area contributed by atoms with Gasteiger partial charge in [-0.2, -0.15) is 0 Å². The van der Waals surface area contributed by atoms with Crippen LogP contribution in [0, 0.1) is 0 Å². The lowest BCUT2D eigenvalue weighted by Gasteiger charge is -2.22. The Kier molecular flexibility index (Phi) is 7.05. The van der Waals surface area contributed by atoms with Gasteiger partial charge in [-0.25, -0.2) is 20.0 Å². The number of carboxylic acid groups (broad SMARTS) is 1. The summed E-state index contributed by atoms with van der Waals surface area (Å²) in [6, 6.07) is -1.10. The molecule has 28 heavy (non-hydrogen) atoms. The van der Waals surface area contributed by atoms with E-state index >= 15 is 0 Å². The van der Waals surface area contributed by atoms with Crippen molar-refractivity contribution in [3.8, 4) is 0 Å². The number of nitrogens with two attached hydrogens (primary N) is 1. The van der Waals surface area contributed by atoms with Gasteiger partial charge in [-0.3, -0.25) is 9.36 Å². The molecule has 4 N–H and O–H groups in total. The first kappa shape index (κ1) is 21.7. The van der Waals surface area contributed by atoms with Crippen LogP contribution in [-0.2, 0) is 25.3 Å². The molecular weight excluding hydrogens is 389 g/mol. The Morgan fingerprint density at radius 2 is 2.11 bits per heavy atom. The number of rotatable bonds is 10. The number of oxime groups is 1. The molecular formula is C15H24N7O5P. The zero-order valence-corrected chi connectivity index (χ0v) is 17.0. The number of nitrogen functional groups attached to an aromatic ring is 1. The van der Waals surface area contributed by atoms with Gasteiger partial charge in [0.1, 0.15) is 24.2 Å². The second-order valence-corrected chi connectivity index (χ2v) is 8.44. The van der Waals surface area contributed by atoms with Gasteiger partial charge in [0.25, 0.3) is 0 Å². The summed E-state index contributed by atoms with van der Waals surface area (Å²) in [5.41, 5.74) is 7.32. The quantitative estimate of drug-likeness (QED) is 0.294. The lowest BCUT2D eigenvalue weighted by Crippen LogP contribution is -2.33. The molecule has 3 atom stereocenters. The molecule has 2 heterocycles. The van der Waals surface area contributed by atoms with Gasteiger partial charge in [-0.1, -0.05) is 5.16 Å². The van der Waals surface area contributed by atoms with Crippen molar-refractivity contribution in [3.63, 3.8) is 0 Å². The highest BCUT2D eigenvalue weighted by atomic mass is 31.2. The van der Waals surface area contributed by atoms with Gasteiger partial charge in [0.05, 0.1) is 24.7 Å². The Hall–Kier alpha value is -2.56. The number of anilines is 1. The van der Waals surface area contributed by atoms with E-state index in [0.29, 0.717) is 23.4 Å². The summed E-state index contributed by atoms with van der Waals surface area (Å²) in [4.78, 5) is 23.3. The van der Waals surface area contributed by atoms with Crippen LogP contribution < -0.4 is 10.8 Å². The van der Waals surface area contributed by atoms with E-state index in [2.05, 4.69) is 25.2 Å². The predicted octanol–water partition coefficient (Wildman–Crippen LogP) is 1.44. The normalized spacial score (nSPS) is 15.6. The first-order valence-electron chi connectivity index (χ1n) is 8.44. The number of imidazole rings is 1. The van der Waals surface area contributed by atoms with Crippen LogP contribution in [0.5, 0.6) is 0 Å². The minimum Gasteiger partial charge on any atom is -0.480 e. The van der Waals surface area contributed by atoms with Crippen LogP contribution >= 0.6 is 7.52 Å². The molecule has 2 rings (SSSR count). The highest BCUT2D eigenvalue weighted by molar-refractivity contribution is 7.56. The molecule has 0 unspecified atom stereocenters. The van der Waals surface area contributed by atoms with E-state index in [0.717, 1.165) is 0 Å². The number of aliphatic carboxylic acids is 1. The second-order valence-electron chi connectivity index (χ2n) is 6.42. The lowest BCUT2D eigenvalue weighted by atomic mass is 10.4. The van der Waals surface area contributed by atoms with Gasteiger partial charge in [-0.15, -0.1) is 0 Å². The van der Waals surface area contributed by atoms with Crippen LogP contribution in [0.2, 0.25) is 0 Å². The molecule has 0 aromatic carbocycles. The number of ether oxygens (including phenoxy) is 1. The maximum atomic E-state index is 12.9. The van der Waals surface area contributed by atoms with Crippen LogP contribution in [0.15, 0.2) is 17.8 Å². The molecule has 0 aliphatic heterocycles. The monoisotopic (exact) mass is 413 g/mol. The Morgan fingerprint density at radius 3 is 2.75 bits per heavy atom. The SMILES string of the molecule is CC(C)=NO[P@@](=O)(CO[C@H](C)Cn1cnc2c(N)ncnc21)N[C@@H](C)C(=O)O. The van der Waals surface area contributed by atoms with Crippen molar-refractivity contribution in [2.75, 3.05) is 12.1 Å². The Labute approximate surface area is 161 Å². The van der Waals surface area contributed by atoms with Crippen molar-refractivity contribution in [2.45, 2.75) is 46.4 Å². The third kappa shape index (κ3) is 5.72. The Morgan fingerprint density at radius 1 is 1.39 bits per heavy atom. The number of nitrogens with one attached hydrogen (secondary N) is 1. The van der Waals surface area contributed by atoms with Gasteiger partial charge in [0.2, 0.25) is 0 Å². The van der Waals surface area contributed by atoms with Crippen molar-refractivity contribution >= 4 is 36.2 Å². The Bertz CT molecular complexity index is 911. The van der Waals surface area contributed by atoms with E-state index in [1.165, 1.54) is 13.3 Å². The summed E-state index contributed by atoms with van der Waals surface area (Å²) in [5, 5.41) is 15.2. The third-order valence-corrected chi connectivity index (χ3v) is 5.14. The fraction of sp³-hybridized carbons (Fsp3) is 0.533. The van der Waals surface area contributed by atoms with E-state index in [4.69, 9.17) is 20.2 Å². The van der Waals surface area contributed by atoms with Crippen LogP contribution in [0.1, 0.15) is 27.7 Å². The van der Waals surface area contributed by atoms with Crippen molar-refractivity contribution in [3.05, 3.63) is 12.7 Å². The first-order valence-corrected chi connectivity index (χ1v) is 10.2. The van der Waals surface area contributed by atoms with E-state index in [9.17, 15) is 9.36 Å². The molecule has 0 radical (unpaired) electrons. The molecule has 2 aromatic rings. The summed E-state index contributed by atoms with van der Waals surface area (Å²) in [7, 11) is -3.69. The molecule has 0 spiro atoms. The van der Waals surface area contributed by atoms with E-state index < -0.39 is 25.6 Å². The molecule has 0 bridgehead atoms. The average molecular weight is 413 g/mol. The summed E-state index contributed by atoms with van der Waals surface area (Å²) < 4.78 is 25.3. The molecule has 12 nitrogen and oxygen atoms in total. The van der Waals surface area contributed by atoms with E-state index in [1.807, 2.05) is 0 Å². The van der Waals surface area contributed by atoms with Gasteiger partial charge in [-0.05, 0) is 27.7 Å². The van der Waals surface area contributed by atoms with Gasteiger partial charge in [0.15, 0.2) is 11.5 Å². The second kappa shape index (κ2) is 9.09. The van der Waals surface area contributed by atoms with Crippen molar-refractivity contribution in [1.82, 2.24) is 24.6 Å². The lowest BCUT2D eigenvalue weighted by molar-refractivity contribution is -0.138. The molecule has 154 valence electrons. The number of hydrogen-bond donors (Lipinski definition) is 3. The average Bonchev–Trinajstić information content (AvgIpc) is 3.03. The van der Waals surface area contributed by atoms with Gasteiger partial charge in [0, 0.05) is 0 Å². The number of carbonyl (C=O) groups is 1. The highest BCUT2D eigenvalue weighted by Crippen LogP contribution is 2.43. The molecule has 0 aliphatic rings. The number of carboxylic acids is 1. The summed E-state index contributed by atoms with van der Waals surface area (Å²) >= 11 is 0. The molecule has 0 amide bonds. The van der Waals surface area contributed by atoms with Crippen molar-refractivity contribution < 1.29 is 23.8 Å². The standard InChI is InChI=1S/C15H24N7O5P/c1-9(2)20-27-28(25,21-11(4)15(23)24)8-26-10(3)5-22-7-19-12-13(16)17-6-18-14(12)22/h6-7,10-11H,5,8H2,1-4H3,(H,21,25)(H,23,24)(H2,16,17,18)/t10-,11+,28+/m1/s1. The van der Waals surface area contributed by atoms with Gasteiger partial charge >= 0.3 is 13.5 Å². The number of nitrogens with zero attached hydrogens (tertiary/aromatic N) is 5. The van der Waals surface area contributed by atoms with Gasteiger partial charge < -0.3 is 24.8 Å². The van der Waals surface area contributed by atoms with Crippen LogP contribution in [0.4, 0.5) is 5.82 Å². The summed E-state index contributed by atoms with van der Waals surface area (Å²) in [6.45, 7) is 6.78. The zero-order valence-electron chi connectivity index (χ0n) is 16.1. The predicted molar refractivity (Wildman–Crippen MR) is 103 cm³/mol. The minimum atomic E-state index is -3.69. The molecule has 2 aromatic heterocycles. The maximum Gasteiger partial charge on any atom is 0.364 e. The van der Waals surface area contributed by atoms with Crippen LogP contribution in [0.25, 0.3) is 11.2 Å². The highest BCUT2D eigenvalue weighted by Gasteiger charge is 2.31. The number of fused-ring (bicyclic) bond motifs is 1. The number of hydrogen-bond acceptors (Lipinski definition) is 9. The van der Waals surface area contributed by atoms with Crippen LogP contribution in [0.3, 0.4) is 0 Å². The third-order valence-electron chi connectivity index (χ3n) is 3.53. The van der Waals surface area contributed by atoms with Crippen molar-refractivity contribution in [1.29, 1.82) is 0 Å². The Balaban J connectivity index is 2.06. The zero-order chi connectivity index (χ0) is 20.9. The molecule has 0 saturated carbocycles. The molecule has 0 fully saturated rings. The summed E-state index contributed by atoms with van der Waals surface area (Å²) in [5.74, 6) is -0.897. The molecule has 0 aliphatic carbocycles. The molecule has 13 heteroatoms. The van der Waals surface area contributed by atoms with Crippen LogP contribution in [-0.4, -0.2) is 54.8 Å². The fourth-order valence-electron chi connectivity index (χ4n) is 2.17. The minimum absolute atomic E-state index is 0.273. The van der Waals surface area contributed by atoms with E-state index in [1.54, 1.807) is 31.7 Å².